The SMILES string of the molecule is O=C(CCc1nc(-c2ccncc2)no1)N1CCNCC1c1cccnc1. The predicted molar refractivity (Wildman–Crippen MR) is 97.4 cm³/mol. The van der Waals surface area contributed by atoms with Crippen molar-refractivity contribution < 1.29 is 9.32 Å². The number of pyridine rings is 2. The topological polar surface area (TPSA) is 97.0 Å². The number of carbonyl (C=O) groups is 1. The Balaban J connectivity index is 1.40. The molecule has 0 radical (unpaired) electrons. The minimum atomic E-state index is -0.00462. The van der Waals surface area contributed by atoms with Crippen molar-refractivity contribution in [1.29, 1.82) is 0 Å². The van der Waals surface area contributed by atoms with E-state index in [1.807, 2.05) is 35.4 Å². The molecule has 0 aromatic carbocycles. The lowest BCUT2D eigenvalue weighted by Gasteiger charge is -2.36. The van der Waals surface area contributed by atoms with Gasteiger partial charge in [0.1, 0.15) is 0 Å². The van der Waals surface area contributed by atoms with E-state index in [9.17, 15) is 4.79 Å². The van der Waals surface area contributed by atoms with Gasteiger partial charge in [-0.2, -0.15) is 4.98 Å². The Morgan fingerprint density at radius 3 is 2.93 bits per heavy atom. The van der Waals surface area contributed by atoms with Crippen LogP contribution in [0.3, 0.4) is 0 Å². The highest BCUT2D eigenvalue weighted by Gasteiger charge is 2.28. The van der Waals surface area contributed by atoms with Crippen LogP contribution in [0.25, 0.3) is 11.4 Å². The van der Waals surface area contributed by atoms with Gasteiger partial charge in [-0.1, -0.05) is 11.2 Å². The van der Waals surface area contributed by atoms with Crippen LogP contribution in [0.15, 0.2) is 53.6 Å². The highest BCUT2D eigenvalue weighted by Crippen LogP contribution is 2.23. The molecule has 4 rings (SSSR count). The zero-order valence-corrected chi connectivity index (χ0v) is 14.8. The van der Waals surface area contributed by atoms with Crippen molar-refractivity contribution in [3.05, 3.63) is 60.5 Å². The van der Waals surface area contributed by atoms with Gasteiger partial charge in [0.2, 0.25) is 17.6 Å². The van der Waals surface area contributed by atoms with Gasteiger partial charge in [-0.05, 0) is 23.8 Å². The number of hydrogen-bond donors (Lipinski definition) is 1. The summed E-state index contributed by atoms with van der Waals surface area (Å²) in [5, 5.41) is 7.33. The molecule has 8 heteroatoms. The smallest absolute Gasteiger partial charge is 0.227 e. The molecule has 138 valence electrons. The van der Waals surface area contributed by atoms with Crippen molar-refractivity contribution in [3.8, 4) is 11.4 Å². The molecular weight excluding hydrogens is 344 g/mol. The summed E-state index contributed by atoms with van der Waals surface area (Å²) < 4.78 is 5.29. The fraction of sp³-hybridized carbons (Fsp3) is 0.316. The molecule has 0 spiro atoms. The molecule has 3 aromatic heterocycles. The van der Waals surface area contributed by atoms with Gasteiger partial charge >= 0.3 is 0 Å². The van der Waals surface area contributed by atoms with Crippen LogP contribution in [0.2, 0.25) is 0 Å². The maximum Gasteiger partial charge on any atom is 0.227 e. The number of nitrogens with one attached hydrogen (secondary N) is 1. The summed E-state index contributed by atoms with van der Waals surface area (Å²) >= 11 is 0. The molecular formula is C19H20N6O2. The molecule has 0 saturated carbocycles. The first-order chi connectivity index (χ1) is 13.3. The highest BCUT2D eigenvalue weighted by molar-refractivity contribution is 5.77. The number of piperazine rings is 1. The summed E-state index contributed by atoms with van der Waals surface area (Å²) in [6, 6.07) is 7.53. The Kier molecular flexibility index (Phi) is 5.15. The zero-order chi connectivity index (χ0) is 18.5. The summed E-state index contributed by atoms with van der Waals surface area (Å²) in [7, 11) is 0. The van der Waals surface area contributed by atoms with Crippen LogP contribution in [0.1, 0.15) is 23.9 Å². The Morgan fingerprint density at radius 1 is 1.22 bits per heavy atom. The van der Waals surface area contributed by atoms with Crippen LogP contribution >= 0.6 is 0 Å². The standard InChI is InChI=1S/C19H20N6O2/c26-18(25-11-10-22-13-16(25)15-2-1-7-21-12-15)4-3-17-23-19(24-27-17)14-5-8-20-9-6-14/h1-2,5-9,12,16,22H,3-4,10-11,13H2. The van der Waals surface area contributed by atoms with Crippen LogP contribution in [0, 0.1) is 0 Å². The van der Waals surface area contributed by atoms with Crippen molar-refractivity contribution in [3.63, 3.8) is 0 Å². The second-order valence-electron chi connectivity index (χ2n) is 6.34. The Bertz CT molecular complexity index is 883. The van der Waals surface area contributed by atoms with Gasteiger partial charge in [-0.15, -0.1) is 0 Å². The Morgan fingerprint density at radius 2 is 2.11 bits per heavy atom. The van der Waals surface area contributed by atoms with E-state index in [1.165, 1.54) is 0 Å². The summed E-state index contributed by atoms with van der Waals surface area (Å²) in [5.41, 5.74) is 1.88. The molecule has 3 aromatic rings. The average molecular weight is 364 g/mol. The molecule has 8 nitrogen and oxygen atoms in total. The number of amides is 1. The van der Waals surface area contributed by atoms with Gasteiger partial charge in [-0.25, -0.2) is 0 Å². The molecule has 1 N–H and O–H groups in total. The van der Waals surface area contributed by atoms with Crippen LogP contribution in [-0.2, 0) is 11.2 Å². The maximum atomic E-state index is 12.8. The summed E-state index contributed by atoms with van der Waals surface area (Å²) in [6.07, 6.45) is 7.66. The van der Waals surface area contributed by atoms with Crippen LogP contribution < -0.4 is 5.32 Å². The lowest BCUT2D eigenvalue weighted by molar-refractivity contribution is -0.134. The zero-order valence-electron chi connectivity index (χ0n) is 14.8. The molecule has 1 atom stereocenters. The Hall–Kier alpha value is -3.13. The third-order valence-corrected chi connectivity index (χ3v) is 4.59. The quantitative estimate of drug-likeness (QED) is 0.735. The first-order valence-electron chi connectivity index (χ1n) is 8.94. The van der Waals surface area contributed by atoms with Crippen molar-refractivity contribution >= 4 is 5.91 Å². The number of rotatable bonds is 5. The molecule has 4 heterocycles. The monoisotopic (exact) mass is 364 g/mol. The van der Waals surface area contributed by atoms with Crippen LogP contribution in [-0.4, -0.2) is 50.5 Å². The molecule has 1 aliphatic heterocycles. The van der Waals surface area contributed by atoms with E-state index in [-0.39, 0.29) is 11.9 Å². The van der Waals surface area contributed by atoms with Crippen molar-refractivity contribution in [2.75, 3.05) is 19.6 Å². The van der Waals surface area contributed by atoms with Gasteiger partial charge in [0.25, 0.3) is 0 Å². The molecule has 1 amide bonds. The minimum Gasteiger partial charge on any atom is -0.339 e. The molecule has 1 saturated heterocycles. The maximum absolute atomic E-state index is 12.8. The number of hydrogen-bond acceptors (Lipinski definition) is 7. The Labute approximate surface area is 156 Å². The molecule has 0 aliphatic carbocycles. The predicted octanol–water partition coefficient (Wildman–Crippen LogP) is 1.63. The summed E-state index contributed by atoms with van der Waals surface area (Å²) in [4.78, 5) is 27.2. The van der Waals surface area contributed by atoms with E-state index in [4.69, 9.17) is 4.52 Å². The fourth-order valence-electron chi connectivity index (χ4n) is 3.21. The third kappa shape index (κ3) is 4.01. The second-order valence-corrected chi connectivity index (χ2v) is 6.34. The second kappa shape index (κ2) is 8.05. The summed E-state index contributed by atoms with van der Waals surface area (Å²) in [5.74, 6) is 1.05. The van der Waals surface area contributed by atoms with Crippen LogP contribution in [0.5, 0.6) is 0 Å². The van der Waals surface area contributed by atoms with E-state index >= 15 is 0 Å². The van der Waals surface area contributed by atoms with Gasteiger partial charge in [0, 0.05) is 62.8 Å². The third-order valence-electron chi connectivity index (χ3n) is 4.59. The number of nitrogens with zero attached hydrogens (tertiary/aromatic N) is 5. The fourth-order valence-corrected chi connectivity index (χ4v) is 3.21. The average Bonchev–Trinajstić information content (AvgIpc) is 3.22. The van der Waals surface area contributed by atoms with E-state index < -0.39 is 0 Å². The molecule has 1 fully saturated rings. The summed E-state index contributed by atoms with van der Waals surface area (Å²) in [6.45, 7) is 2.18. The van der Waals surface area contributed by atoms with Crippen molar-refractivity contribution in [2.45, 2.75) is 18.9 Å². The number of aromatic nitrogens is 4. The highest BCUT2D eigenvalue weighted by atomic mass is 16.5. The normalized spacial score (nSPS) is 17.0. The molecule has 1 unspecified atom stereocenters. The van der Waals surface area contributed by atoms with E-state index in [1.54, 1.807) is 18.6 Å². The van der Waals surface area contributed by atoms with Gasteiger partial charge in [0.15, 0.2) is 0 Å². The minimum absolute atomic E-state index is 0.00462. The lowest BCUT2D eigenvalue weighted by atomic mass is 10.0. The molecule has 27 heavy (non-hydrogen) atoms. The van der Waals surface area contributed by atoms with E-state index in [2.05, 4.69) is 25.4 Å². The van der Waals surface area contributed by atoms with Gasteiger partial charge < -0.3 is 14.7 Å². The van der Waals surface area contributed by atoms with E-state index in [0.29, 0.717) is 31.1 Å². The molecule has 0 bridgehead atoms. The number of aryl methyl sites for hydroxylation is 1. The van der Waals surface area contributed by atoms with Crippen molar-refractivity contribution in [2.24, 2.45) is 0 Å². The van der Waals surface area contributed by atoms with E-state index in [0.717, 1.165) is 24.2 Å². The van der Waals surface area contributed by atoms with Gasteiger partial charge in [-0.3, -0.25) is 14.8 Å². The first-order valence-corrected chi connectivity index (χ1v) is 8.94. The van der Waals surface area contributed by atoms with Crippen LogP contribution in [0.4, 0.5) is 0 Å². The lowest BCUT2D eigenvalue weighted by Crippen LogP contribution is -2.48. The molecule has 1 aliphatic rings. The van der Waals surface area contributed by atoms with Crippen molar-refractivity contribution in [1.82, 2.24) is 30.3 Å². The number of carbonyl (C=O) groups excluding carboxylic acids is 1. The largest absolute Gasteiger partial charge is 0.339 e. The van der Waals surface area contributed by atoms with Gasteiger partial charge in [0.05, 0.1) is 6.04 Å². The first kappa shape index (κ1) is 17.3.